The lowest BCUT2D eigenvalue weighted by Crippen LogP contribution is -2.57. The lowest BCUT2D eigenvalue weighted by atomic mass is 10.1. The minimum Gasteiger partial charge on any atom is -0.466 e. The number of hydrogen-bond donors (Lipinski definition) is 0. The van der Waals surface area contributed by atoms with Crippen LogP contribution in [-0.2, 0) is 57.2 Å². The topological polar surface area (TPSA) is 171 Å². The smallest absolute Gasteiger partial charge is 0.307 e. The molecule has 1 fully saturated rings. The first-order valence-electron chi connectivity index (χ1n) is 32.8. The average Bonchev–Trinajstić information content (AvgIpc) is 3.45. The van der Waals surface area contributed by atoms with Crippen LogP contribution < -0.4 is 0 Å². The predicted octanol–water partition coefficient (Wildman–Crippen LogP) is 12.6. The van der Waals surface area contributed by atoms with E-state index in [4.69, 9.17) is 28.4 Å². The lowest BCUT2D eigenvalue weighted by molar-refractivity contribution is -0.146. The van der Waals surface area contributed by atoms with Gasteiger partial charge in [-0.1, -0.05) is 156 Å². The summed E-state index contributed by atoms with van der Waals surface area (Å²) in [6.07, 6.45) is 31.5. The third kappa shape index (κ3) is 45.2. The van der Waals surface area contributed by atoms with Crippen molar-refractivity contribution in [1.29, 1.82) is 0 Å². The number of carbonyl (C=O) groups excluding carboxylic acids is 6. The summed E-state index contributed by atoms with van der Waals surface area (Å²) in [5, 5.41) is 0. The maximum atomic E-state index is 12.8. The third-order valence-corrected chi connectivity index (χ3v) is 15.3. The van der Waals surface area contributed by atoms with Crippen molar-refractivity contribution in [2.75, 3.05) is 105 Å². The maximum Gasteiger partial charge on any atom is 0.307 e. The first kappa shape index (κ1) is 74.7. The zero-order valence-electron chi connectivity index (χ0n) is 52.2. The molecule has 0 radical (unpaired) electrons. The van der Waals surface area contributed by atoms with Crippen molar-refractivity contribution >= 4 is 35.8 Å². The second-order valence-electron chi connectivity index (χ2n) is 22.7. The van der Waals surface area contributed by atoms with Gasteiger partial charge in [0.2, 0.25) is 0 Å². The number of rotatable bonds is 56. The van der Waals surface area contributed by atoms with Crippen LogP contribution in [0.25, 0.3) is 0 Å². The molecule has 0 aliphatic carbocycles. The Bertz CT molecular complexity index is 1360. The highest BCUT2D eigenvalue weighted by Gasteiger charge is 2.29. The van der Waals surface area contributed by atoms with Crippen LogP contribution >= 0.6 is 0 Å². The number of nitrogens with zero attached hydrogens (tertiary/aromatic N) is 4. The highest BCUT2D eigenvalue weighted by Crippen LogP contribution is 2.16. The molecule has 1 rings (SSSR count). The van der Waals surface area contributed by atoms with E-state index in [1.807, 2.05) is 0 Å². The van der Waals surface area contributed by atoms with E-state index < -0.39 is 0 Å². The summed E-state index contributed by atoms with van der Waals surface area (Å²) in [7, 11) is 0. The Morgan fingerprint density at radius 3 is 0.812 bits per heavy atom. The van der Waals surface area contributed by atoms with Crippen LogP contribution in [0.2, 0.25) is 0 Å². The first-order valence-corrected chi connectivity index (χ1v) is 32.8. The van der Waals surface area contributed by atoms with Gasteiger partial charge in [-0.2, -0.15) is 0 Å². The molecular formula is C64H120N4O12. The Morgan fingerprint density at radius 1 is 0.300 bits per heavy atom. The van der Waals surface area contributed by atoms with Crippen molar-refractivity contribution in [2.45, 2.75) is 272 Å². The average molecular weight is 1140 g/mol. The van der Waals surface area contributed by atoms with Gasteiger partial charge in [-0.05, 0) is 78.3 Å². The van der Waals surface area contributed by atoms with E-state index >= 15 is 0 Å². The van der Waals surface area contributed by atoms with E-state index in [0.717, 1.165) is 77.3 Å². The zero-order valence-corrected chi connectivity index (χ0v) is 52.2. The van der Waals surface area contributed by atoms with Crippen molar-refractivity contribution in [1.82, 2.24) is 19.6 Å². The van der Waals surface area contributed by atoms with Crippen LogP contribution in [0.3, 0.4) is 0 Å². The van der Waals surface area contributed by atoms with Gasteiger partial charge >= 0.3 is 35.8 Å². The highest BCUT2D eigenvalue weighted by molar-refractivity contribution is 5.71. The van der Waals surface area contributed by atoms with Gasteiger partial charge in [0.1, 0.15) is 13.2 Å². The Labute approximate surface area is 487 Å². The summed E-state index contributed by atoms with van der Waals surface area (Å²) in [5.74, 6) is -1.31. The van der Waals surface area contributed by atoms with Crippen molar-refractivity contribution in [2.24, 2.45) is 0 Å². The number of esters is 6. The van der Waals surface area contributed by atoms with Crippen LogP contribution in [-0.4, -0.2) is 173 Å². The van der Waals surface area contributed by atoms with Gasteiger partial charge < -0.3 is 38.2 Å². The van der Waals surface area contributed by atoms with Gasteiger partial charge in [0.25, 0.3) is 0 Å². The first-order chi connectivity index (χ1) is 38.9. The minimum atomic E-state index is -0.224. The lowest BCUT2D eigenvalue weighted by Gasteiger charge is -2.44. The summed E-state index contributed by atoms with van der Waals surface area (Å²) in [6.45, 7) is 21.7. The fourth-order valence-electron chi connectivity index (χ4n) is 10.0. The van der Waals surface area contributed by atoms with E-state index in [1.54, 1.807) is 0 Å². The van der Waals surface area contributed by atoms with E-state index in [1.165, 1.54) is 103 Å². The van der Waals surface area contributed by atoms with Gasteiger partial charge in [-0.3, -0.25) is 38.6 Å². The van der Waals surface area contributed by atoms with Crippen LogP contribution in [0.4, 0.5) is 0 Å². The van der Waals surface area contributed by atoms with Gasteiger partial charge in [0.15, 0.2) is 0 Å². The highest BCUT2D eigenvalue weighted by atomic mass is 16.6. The van der Waals surface area contributed by atoms with Crippen LogP contribution in [0.5, 0.6) is 0 Å². The summed E-state index contributed by atoms with van der Waals surface area (Å²) in [4.78, 5) is 84.8. The summed E-state index contributed by atoms with van der Waals surface area (Å²) >= 11 is 0. The van der Waals surface area contributed by atoms with Crippen molar-refractivity contribution in [3.63, 3.8) is 0 Å². The normalized spacial score (nSPS) is 14.8. The van der Waals surface area contributed by atoms with Crippen LogP contribution in [0.15, 0.2) is 0 Å². The molecule has 0 N–H and O–H groups in total. The third-order valence-electron chi connectivity index (χ3n) is 15.3. The van der Waals surface area contributed by atoms with Gasteiger partial charge in [0.05, 0.1) is 52.1 Å². The maximum absolute atomic E-state index is 12.8. The van der Waals surface area contributed by atoms with E-state index in [0.29, 0.717) is 118 Å². The molecule has 1 saturated heterocycles. The molecule has 0 spiro atoms. The SMILES string of the molecule is CCCCCCCCOC(=O)CCN(CCCCC(=O)OCCN1CC(C)N(CCOC(=O)CCCCN(CCC(=O)OCCCCCCCC)CCC(=O)OCCCCCCCC)CC1C)CCC(=O)OCCCCCCCC. The van der Waals surface area contributed by atoms with E-state index in [-0.39, 0.29) is 73.6 Å². The molecule has 16 heteroatoms. The van der Waals surface area contributed by atoms with Crippen molar-refractivity contribution in [3.8, 4) is 0 Å². The molecule has 2 atom stereocenters. The molecule has 1 aliphatic rings. The van der Waals surface area contributed by atoms with Crippen molar-refractivity contribution in [3.05, 3.63) is 0 Å². The Balaban J connectivity index is 2.45. The zero-order chi connectivity index (χ0) is 58.5. The van der Waals surface area contributed by atoms with Crippen molar-refractivity contribution < 1.29 is 57.2 Å². The molecule has 1 aliphatic heterocycles. The summed E-state index contributed by atoms with van der Waals surface area (Å²) in [5.41, 5.74) is 0. The number of carbonyl (C=O) groups is 6. The molecule has 0 saturated carbocycles. The largest absolute Gasteiger partial charge is 0.466 e. The number of ether oxygens (including phenoxy) is 6. The quantitative estimate of drug-likeness (QED) is 0.0320. The van der Waals surface area contributed by atoms with Gasteiger partial charge in [-0.15, -0.1) is 0 Å². The molecule has 0 amide bonds. The minimum absolute atomic E-state index is 0.217. The number of hydrogen-bond acceptors (Lipinski definition) is 16. The molecule has 0 aromatic carbocycles. The Morgan fingerprint density at radius 2 is 0.537 bits per heavy atom. The molecule has 0 bridgehead atoms. The summed E-state index contributed by atoms with van der Waals surface area (Å²) < 4.78 is 33.4. The Kier molecular flexibility index (Phi) is 50.1. The number of unbranched alkanes of at least 4 members (excludes halogenated alkanes) is 22. The fourth-order valence-corrected chi connectivity index (χ4v) is 10.0. The molecule has 16 nitrogen and oxygen atoms in total. The van der Waals surface area contributed by atoms with Crippen LogP contribution in [0.1, 0.15) is 260 Å². The summed E-state index contributed by atoms with van der Waals surface area (Å²) in [6, 6.07) is 0.471. The number of piperazine rings is 1. The molecule has 0 aromatic rings. The monoisotopic (exact) mass is 1140 g/mol. The standard InChI is InChI=1S/C64H120N4O12/c1-7-11-15-19-23-31-49-75-61(71)37-43-65(44-38-62(72)76-50-32-24-20-16-12-8-2)41-29-27-35-59(69)79-53-47-67-55-58(6)68(56-57(67)5)48-54-80-60(70)36-28-30-42-66(45-39-63(73)77-51-33-25-21-17-13-9-3)46-40-64(74)78-52-34-26-22-18-14-10-4/h57-58H,7-56H2,1-6H3. The second-order valence-corrected chi connectivity index (χ2v) is 22.7. The Hall–Kier alpha value is -3.34. The van der Waals surface area contributed by atoms with Crippen LogP contribution in [0, 0.1) is 0 Å². The molecular weight excluding hydrogens is 1020 g/mol. The van der Waals surface area contributed by atoms with E-state index in [9.17, 15) is 28.8 Å². The van der Waals surface area contributed by atoms with Gasteiger partial charge in [0, 0.05) is 77.3 Å². The van der Waals surface area contributed by atoms with Gasteiger partial charge in [-0.25, -0.2) is 0 Å². The molecule has 0 aromatic heterocycles. The molecule has 468 valence electrons. The molecule has 1 heterocycles. The molecule has 2 unspecified atom stereocenters. The molecule has 80 heavy (non-hydrogen) atoms. The predicted molar refractivity (Wildman–Crippen MR) is 320 cm³/mol. The van der Waals surface area contributed by atoms with E-state index in [2.05, 4.69) is 61.1 Å². The fraction of sp³-hybridized carbons (Fsp3) is 0.906. The second kappa shape index (κ2) is 53.7.